The molecule has 8 nitrogen and oxygen atoms in total. The minimum absolute atomic E-state index is 0.000169. The van der Waals surface area contributed by atoms with Crippen molar-refractivity contribution < 1.29 is 24.2 Å². The van der Waals surface area contributed by atoms with E-state index in [1.165, 1.54) is 0 Å². The second-order valence-electron chi connectivity index (χ2n) is 11.9. The highest BCUT2D eigenvalue weighted by Gasteiger charge is 2.39. The van der Waals surface area contributed by atoms with Crippen molar-refractivity contribution in [1.29, 1.82) is 0 Å². The van der Waals surface area contributed by atoms with Crippen LogP contribution in [0.15, 0.2) is 18.2 Å². The molecule has 0 aliphatic carbocycles. The molecule has 3 atom stereocenters. The van der Waals surface area contributed by atoms with Crippen LogP contribution in [0, 0.1) is 12.8 Å². The number of amides is 3. The van der Waals surface area contributed by atoms with Crippen LogP contribution < -0.4 is 10.6 Å². The van der Waals surface area contributed by atoms with Crippen molar-refractivity contribution in [3.8, 4) is 5.75 Å². The van der Waals surface area contributed by atoms with E-state index >= 15 is 0 Å². The molecule has 8 heteroatoms. The summed E-state index contributed by atoms with van der Waals surface area (Å²) in [5.74, 6) is -0.897. The van der Waals surface area contributed by atoms with Crippen molar-refractivity contribution in [1.82, 2.24) is 15.5 Å². The Labute approximate surface area is 242 Å². The summed E-state index contributed by atoms with van der Waals surface area (Å²) in [7, 11) is 0. The van der Waals surface area contributed by atoms with Crippen LogP contribution in [-0.4, -0.2) is 52.6 Å². The zero-order chi connectivity index (χ0) is 30.3. The highest BCUT2D eigenvalue weighted by atomic mass is 16.6. The van der Waals surface area contributed by atoms with E-state index in [1.54, 1.807) is 50.8 Å². The lowest BCUT2D eigenvalue weighted by atomic mass is 9.94. The van der Waals surface area contributed by atoms with Gasteiger partial charge in [-0.25, -0.2) is 4.79 Å². The van der Waals surface area contributed by atoms with Crippen molar-refractivity contribution >= 4 is 17.9 Å². The number of aryl methyl sites for hydroxylation is 1. The van der Waals surface area contributed by atoms with E-state index in [0.29, 0.717) is 37.1 Å². The topological polar surface area (TPSA) is 108 Å². The number of phenols is 1. The van der Waals surface area contributed by atoms with Gasteiger partial charge >= 0.3 is 6.09 Å². The lowest BCUT2D eigenvalue weighted by Crippen LogP contribution is -2.55. The number of hydrogen-bond acceptors (Lipinski definition) is 5. The van der Waals surface area contributed by atoms with Crippen molar-refractivity contribution in [2.45, 2.75) is 131 Å². The molecule has 1 rings (SSSR count). The summed E-state index contributed by atoms with van der Waals surface area (Å²) in [6.45, 7) is 16.0. The first-order valence-corrected chi connectivity index (χ1v) is 15.2. The molecule has 3 unspecified atom stereocenters. The Morgan fingerprint density at radius 1 is 0.975 bits per heavy atom. The van der Waals surface area contributed by atoms with Gasteiger partial charge in [0.25, 0.3) is 0 Å². The fraction of sp³-hybridized carbons (Fsp3) is 0.719. The van der Waals surface area contributed by atoms with Crippen LogP contribution in [-0.2, 0) is 14.3 Å². The molecular formula is C32H55N3O5. The molecule has 1 aromatic rings. The summed E-state index contributed by atoms with van der Waals surface area (Å²) in [6, 6.07) is 3.34. The number of carbonyl (C=O) groups excluding carboxylic acids is 3. The summed E-state index contributed by atoms with van der Waals surface area (Å²) in [5.41, 5.74) is 0.289. The summed E-state index contributed by atoms with van der Waals surface area (Å²) in [5, 5.41) is 16.9. The third-order valence-electron chi connectivity index (χ3n) is 7.14. The van der Waals surface area contributed by atoms with Gasteiger partial charge in [0.1, 0.15) is 23.4 Å². The Morgan fingerprint density at radius 3 is 2.20 bits per heavy atom. The number of nitrogens with zero attached hydrogens (tertiary/aromatic N) is 1. The van der Waals surface area contributed by atoms with Gasteiger partial charge in [-0.1, -0.05) is 90.8 Å². The van der Waals surface area contributed by atoms with Crippen LogP contribution in [0.3, 0.4) is 0 Å². The van der Waals surface area contributed by atoms with E-state index in [2.05, 4.69) is 24.5 Å². The number of nitrogens with one attached hydrogen (secondary N) is 2. The molecule has 3 N–H and O–H groups in total. The fourth-order valence-corrected chi connectivity index (χ4v) is 4.58. The van der Waals surface area contributed by atoms with Crippen LogP contribution in [0.1, 0.15) is 123 Å². The van der Waals surface area contributed by atoms with E-state index in [4.69, 9.17) is 4.74 Å². The molecule has 0 spiro atoms. The van der Waals surface area contributed by atoms with Crippen LogP contribution in [0.5, 0.6) is 5.75 Å². The number of alkyl carbamates (subject to hydrolysis) is 1. The summed E-state index contributed by atoms with van der Waals surface area (Å²) >= 11 is 0. The summed E-state index contributed by atoms with van der Waals surface area (Å²) < 4.78 is 5.48. The summed E-state index contributed by atoms with van der Waals surface area (Å²) in [6.07, 6.45) is 7.65. The second-order valence-corrected chi connectivity index (χ2v) is 11.9. The molecule has 1 aromatic carbocycles. The molecular weight excluding hydrogens is 506 g/mol. The smallest absolute Gasteiger partial charge is 0.408 e. The van der Waals surface area contributed by atoms with Crippen molar-refractivity contribution in [3.63, 3.8) is 0 Å². The highest BCUT2D eigenvalue weighted by molar-refractivity contribution is 5.92. The number of benzene rings is 1. The minimum atomic E-state index is -1.04. The molecule has 0 saturated heterocycles. The Hall–Kier alpha value is -2.77. The van der Waals surface area contributed by atoms with E-state index in [-0.39, 0.29) is 23.5 Å². The van der Waals surface area contributed by atoms with Gasteiger partial charge in [-0.15, -0.1) is 0 Å². The first-order chi connectivity index (χ1) is 18.9. The number of carbonyl (C=O) groups is 3. The monoisotopic (exact) mass is 561 g/mol. The lowest BCUT2D eigenvalue weighted by Gasteiger charge is -2.36. The Kier molecular flexibility index (Phi) is 15.7. The summed E-state index contributed by atoms with van der Waals surface area (Å²) in [4.78, 5) is 42.5. The Balaban J connectivity index is 3.53. The van der Waals surface area contributed by atoms with E-state index < -0.39 is 23.8 Å². The number of phenolic OH excluding ortho intramolecular Hbond substituents is 1. The average molecular weight is 562 g/mol. The molecule has 3 amide bonds. The Morgan fingerprint density at radius 2 is 1.60 bits per heavy atom. The van der Waals surface area contributed by atoms with E-state index in [9.17, 15) is 19.5 Å². The molecule has 0 heterocycles. The van der Waals surface area contributed by atoms with Crippen molar-refractivity contribution in [2.24, 2.45) is 5.92 Å². The minimum Gasteiger partial charge on any atom is -0.507 e. The molecule has 40 heavy (non-hydrogen) atoms. The molecule has 0 saturated carbocycles. The van der Waals surface area contributed by atoms with Gasteiger partial charge in [-0.2, -0.15) is 0 Å². The van der Waals surface area contributed by atoms with Gasteiger partial charge in [0.05, 0.1) is 0 Å². The molecule has 228 valence electrons. The van der Waals surface area contributed by atoms with Crippen LogP contribution in [0.2, 0.25) is 0 Å². The van der Waals surface area contributed by atoms with Gasteiger partial charge in [-0.05, 0) is 52.0 Å². The zero-order valence-electron chi connectivity index (χ0n) is 26.3. The van der Waals surface area contributed by atoms with Crippen LogP contribution >= 0.6 is 0 Å². The average Bonchev–Trinajstić information content (AvgIpc) is 2.89. The highest BCUT2D eigenvalue weighted by Crippen LogP contribution is 2.33. The zero-order valence-corrected chi connectivity index (χ0v) is 26.3. The second kappa shape index (κ2) is 17.8. The van der Waals surface area contributed by atoms with E-state index in [1.807, 2.05) is 13.8 Å². The van der Waals surface area contributed by atoms with Crippen LogP contribution in [0.4, 0.5) is 4.79 Å². The maximum atomic E-state index is 14.4. The molecule has 0 aliphatic rings. The number of aromatic hydroxyl groups is 1. The predicted molar refractivity (Wildman–Crippen MR) is 161 cm³/mol. The number of hydrogen-bond donors (Lipinski definition) is 3. The quantitative estimate of drug-likeness (QED) is 0.182. The largest absolute Gasteiger partial charge is 0.507 e. The normalized spacial score (nSPS) is 13.7. The number of para-hydroxylation sites is 1. The van der Waals surface area contributed by atoms with Crippen LogP contribution in [0.25, 0.3) is 0 Å². The fourth-order valence-electron chi connectivity index (χ4n) is 4.58. The predicted octanol–water partition coefficient (Wildman–Crippen LogP) is 6.79. The van der Waals surface area contributed by atoms with Gasteiger partial charge in [0, 0.05) is 18.7 Å². The maximum absolute atomic E-state index is 14.4. The van der Waals surface area contributed by atoms with Gasteiger partial charge < -0.3 is 25.4 Å². The molecule has 0 aromatic heterocycles. The third-order valence-corrected chi connectivity index (χ3v) is 7.14. The molecule has 0 bridgehead atoms. The molecule has 0 fully saturated rings. The lowest BCUT2D eigenvalue weighted by molar-refractivity contribution is -0.143. The van der Waals surface area contributed by atoms with Crippen molar-refractivity contribution in [2.75, 3.05) is 13.1 Å². The first kappa shape index (κ1) is 35.3. The number of unbranched alkanes of at least 4 members (excludes halogenated alkanes) is 6. The standard InChI is InChI=1S/C32H55N3O5/c1-9-12-14-15-17-22-35(30(38)26(23(4)11-3)34-31(39)40-32(6,7)8)27(29(37)33-21-16-13-10-2)25-20-18-19-24(5)28(25)36/h18-20,23,26-27,36H,9-17,21-22H2,1-8H3,(H,33,37)(H,34,39). The third kappa shape index (κ3) is 11.8. The number of rotatable bonds is 17. The number of ether oxygens (including phenoxy) is 1. The Bertz CT molecular complexity index is 928. The molecule has 0 radical (unpaired) electrons. The first-order valence-electron chi connectivity index (χ1n) is 15.2. The van der Waals surface area contributed by atoms with Gasteiger partial charge in [0.2, 0.25) is 11.8 Å². The van der Waals surface area contributed by atoms with Crippen molar-refractivity contribution in [3.05, 3.63) is 29.3 Å². The SMILES string of the molecule is CCCCCCCN(C(=O)C(NC(=O)OC(C)(C)C)C(C)CC)C(C(=O)NCCCCC)c1cccc(C)c1O. The van der Waals surface area contributed by atoms with Gasteiger partial charge in [0.15, 0.2) is 0 Å². The maximum Gasteiger partial charge on any atom is 0.408 e. The van der Waals surface area contributed by atoms with E-state index in [0.717, 1.165) is 44.9 Å². The van der Waals surface area contributed by atoms with Gasteiger partial charge in [-0.3, -0.25) is 9.59 Å². The molecule has 0 aliphatic heterocycles.